The van der Waals surface area contributed by atoms with Crippen molar-refractivity contribution >= 4 is 23.2 Å². The number of benzene rings is 1. The van der Waals surface area contributed by atoms with Crippen molar-refractivity contribution < 1.29 is 4.79 Å². The first-order chi connectivity index (χ1) is 13.7. The number of aromatic nitrogens is 2. The summed E-state index contributed by atoms with van der Waals surface area (Å²) in [6.07, 6.45) is 3.52. The molecule has 3 heterocycles. The van der Waals surface area contributed by atoms with Crippen molar-refractivity contribution in [3.63, 3.8) is 0 Å². The number of hydrogen-bond acceptors (Lipinski definition) is 5. The minimum Gasteiger partial charge on any atom is -0.353 e. The zero-order chi connectivity index (χ0) is 19.3. The van der Waals surface area contributed by atoms with E-state index in [1.165, 1.54) is 0 Å². The summed E-state index contributed by atoms with van der Waals surface area (Å²) < 4.78 is 0. The third-order valence-corrected chi connectivity index (χ3v) is 4.98. The maximum absolute atomic E-state index is 12.7. The van der Waals surface area contributed by atoms with Crippen molar-refractivity contribution in [1.82, 2.24) is 9.97 Å². The second-order valence-electron chi connectivity index (χ2n) is 6.83. The van der Waals surface area contributed by atoms with E-state index in [0.717, 1.165) is 49.1 Å². The predicted octanol–water partition coefficient (Wildman–Crippen LogP) is 3.36. The molecule has 1 N–H and O–H groups in total. The van der Waals surface area contributed by atoms with Crippen LogP contribution in [-0.4, -0.2) is 42.1 Å². The standard InChI is InChI=1S/C22H23N5O/c1-17-6-2-3-7-19(17)25-22(28)18-9-11-24-21(16-18)27-14-12-26(13-15-27)20-8-4-5-10-23-20/h2-11,16H,12-15H2,1H3,(H,25,28). The minimum atomic E-state index is -0.120. The molecule has 0 spiro atoms. The Morgan fingerprint density at radius 2 is 1.54 bits per heavy atom. The van der Waals surface area contributed by atoms with E-state index in [4.69, 9.17) is 0 Å². The summed E-state index contributed by atoms with van der Waals surface area (Å²) >= 11 is 0. The molecule has 6 heteroatoms. The maximum Gasteiger partial charge on any atom is 0.255 e. The van der Waals surface area contributed by atoms with Gasteiger partial charge in [0.25, 0.3) is 5.91 Å². The summed E-state index contributed by atoms with van der Waals surface area (Å²) in [5.74, 6) is 1.71. The molecular formula is C22H23N5O. The molecule has 6 nitrogen and oxygen atoms in total. The summed E-state index contributed by atoms with van der Waals surface area (Å²) in [5, 5.41) is 2.98. The van der Waals surface area contributed by atoms with Crippen molar-refractivity contribution in [2.75, 3.05) is 41.3 Å². The number of aryl methyl sites for hydroxylation is 1. The number of piperazine rings is 1. The highest BCUT2D eigenvalue weighted by Crippen LogP contribution is 2.20. The number of anilines is 3. The van der Waals surface area contributed by atoms with Crippen molar-refractivity contribution in [3.05, 3.63) is 78.1 Å². The van der Waals surface area contributed by atoms with E-state index in [1.807, 2.05) is 61.7 Å². The van der Waals surface area contributed by atoms with Gasteiger partial charge in [0, 0.05) is 49.8 Å². The van der Waals surface area contributed by atoms with E-state index >= 15 is 0 Å². The summed E-state index contributed by atoms with van der Waals surface area (Å²) in [7, 11) is 0. The van der Waals surface area contributed by atoms with Crippen molar-refractivity contribution in [3.8, 4) is 0 Å². The number of carbonyl (C=O) groups excluding carboxylic acids is 1. The second kappa shape index (κ2) is 8.08. The van der Waals surface area contributed by atoms with Crippen LogP contribution in [0.4, 0.5) is 17.3 Å². The summed E-state index contributed by atoms with van der Waals surface area (Å²) in [4.78, 5) is 26.0. The van der Waals surface area contributed by atoms with Gasteiger partial charge < -0.3 is 15.1 Å². The topological polar surface area (TPSA) is 61.4 Å². The van der Waals surface area contributed by atoms with E-state index < -0.39 is 0 Å². The van der Waals surface area contributed by atoms with Gasteiger partial charge in [0.2, 0.25) is 0 Å². The van der Waals surface area contributed by atoms with E-state index in [9.17, 15) is 4.79 Å². The van der Waals surface area contributed by atoms with Gasteiger partial charge >= 0.3 is 0 Å². The molecule has 142 valence electrons. The summed E-state index contributed by atoms with van der Waals surface area (Å²) in [6.45, 7) is 5.41. The number of amides is 1. The van der Waals surface area contributed by atoms with E-state index in [2.05, 4.69) is 25.1 Å². The molecule has 1 fully saturated rings. The molecule has 0 saturated carbocycles. The zero-order valence-electron chi connectivity index (χ0n) is 15.9. The first-order valence-electron chi connectivity index (χ1n) is 9.45. The Balaban J connectivity index is 1.43. The van der Waals surface area contributed by atoms with Gasteiger partial charge in [-0.05, 0) is 42.8 Å². The quantitative estimate of drug-likeness (QED) is 0.760. The average molecular weight is 373 g/mol. The average Bonchev–Trinajstić information content (AvgIpc) is 2.76. The van der Waals surface area contributed by atoms with Crippen LogP contribution >= 0.6 is 0 Å². The van der Waals surface area contributed by atoms with Gasteiger partial charge in [0.1, 0.15) is 11.6 Å². The summed E-state index contributed by atoms with van der Waals surface area (Å²) in [6, 6.07) is 17.3. The molecule has 3 aromatic rings. The third-order valence-electron chi connectivity index (χ3n) is 4.98. The number of rotatable bonds is 4. The number of nitrogens with zero attached hydrogens (tertiary/aromatic N) is 4. The molecule has 0 radical (unpaired) electrons. The smallest absolute Gasteiger partial charge is 0.255 e. The monoisotopic (exact) mass is 373 g/mol. The van der Waals surface area contributed by atoms with Crippen LogP contribution in [0.2, 0.25) is 0 Å². The zero-order valence-corrected chi connectivity index (χ0v) is 15.9. The molecule has 1 aromatic carbocycles. The minimum absolute atomic E-state index is 0.120. The lowest BCUT2D eigenvalue weighted by Gasteiger charge is -2.36. The van der Waals surface area contributed by atoms with E-state index in [-0.39, 0.29) is 5.91 Å². The van der Waals surface area contributed by atoms with Gasteiger partial charge in [0.05, 0.1) is 0 Å². The van der Waals surface area contributed by atoms with Gasteiger partial charge in [-0.25, -0.2) is 9.97 Å². The van der Waals surface area contributed by atoms with Crippen molar-refractivity contribution in [1.29, 1.82) is 0 Å². The Bertz CT molecular complexity index is 952. The Morgan fingerprint density at radius 1 is 0.857 bits per heavy atom. The Kier molecular flexibility index (Phi) is 5.19. The Morgan fingerprint density at radius 3 is 2.25 bits per heavy atom. The SMILES string of the molecule is Cc1ccccc1NC(=O)c1ccnc(N2CCN(c3ccccn3)CC2)c1. The van der Waals surface area contributed by atoms with Crippen LogP contribution in [0, 0.1) is 6.92 Å². The number of pyridine rings is 2. The van der Waals surface area contributed by atoms with Crippen LogP contribution in [0.3, 0.4) is 0 Å². The number of para-hydroxylation sites is 1. The largest absolute Gasteiger partial charge is 0.353 e. The second-order valence-corrected chi connectivity index (χ2v) is 6.83. The lowest BCUT2D eigenvalue weighted by atomic mass is 10.2. The third kappa shape index (κ3) is 3.96. The number of carbonyl (C=O) groups is 1. The lowest BCUT2D eigenvalue weighted by Crippen LogP contribution is -2.47. The van der Waals surface area contributed by atoms with E-state index in [0.29, 0.717) is 5.56 Å². The van der Waals surface area contributed by atoms with Crippen LogP contribution in [-0.2, 0) is 0 Å². The summed E-state index contributed by atoms with van der Waals surface area (Å²) in [5.41, 5.74) is 2.48. The van der Waals surface area contributed by atoms with Gasteiger partial charge in [-0.15, -0.1) is 0 Å². The highest BCUT2D eigenvalue weighted by atomic mass is 16.1. The van der Waals surface area contributed by atoms with Crippen LogP contribution in [0.25, 0.3) is 0 Å². The fraction of sp³-hybridized carbons (Fsp3) is 0.227. The van der Waals surface area contributed by atoms with Crippen LogP contribution in [0.5, 0.6) is 0 Å². The van der Waals surface area contributed by atoms with Crippen molar-refractivity contribution in [2.24, 2.45) is 0 Å². The molecule has 0 bridgehead atoms. The number of hydrogen-bond donors (Lipinski definition) is 1. The molecular weight excluding hydrogens is 350 g/mol. The highest BCUT2D eigenvalue weighted by molar-refractivity contribution is 6.05. The fourth-order valence-corrected chi connectivity index (χ4v) is 3.35. The molecule has 1 saturated heterocycles. The molecule has 2 aromatic heterocycles. The maximum atomic E-state index is 12.7. The molecule has 4 rings (SSSR count). The highest BCUT2D eigenvalue weighted by Gasteiger charge is 2.20. The first kappa shape index (κ1) is 18.0. The lowest BCUT2D eigenvalue weighted by molar-refractivity contribution is 0.102. The molecule has 0 unspecified atom stereocenters. The Hall–Kier alpha value is -3.41. The number of nitrogens with one attached hydrogen (secondary N) is 1. The molecule has 0 aliphatic carbocycles. The normalized spacial score (nSPS) is 14.0. The molecule has 28 heavy (non-hydrogen) atoms. The molecule has 1 aliphatic heterocycles. The van der Waals surface area contributed by atoms with Crippen LogP contribution in [0.15, 0.2) is 67.0 Å². The van der Waals surface area contributed by atoms with Gasteiger partial charge in [-0.1, -0.05) is 24.3 Å². The first-order valence-corrected chi connectivity index (χ1v) is 9.45. The molecule has 1 amide bonds. The Labute approximate surface area is 164 Å². The predicted molar refractivity (Wildman–Crippen MR) is 112 cm³/mol. The van der Waals surface area contributed by atoms with Gasteiger partial charge in [-0.2, -0.15) is 0 Å². The van der Waals surface area contributed by atoms with Crippen molar-refractivity contribution in [2.45, 2.75) is 6.92 Å². The molecule has 1 aliphatic rings. The van der Waals surface area contributed by atoms with Gasteiger partial charge in [-0.3, -0.25) is 4.79 Å². The fourth-order valence-electron chi connectivity index (χ4n) is 3.35. The van der Waals surface area contributed by atoms with Gasteiger partial charge in [0.15, 0.2) is 0 Å². The van der Waals surface area contributed by atoms with Crippen LogP contribution in [0.1, 0.15) is 15.9 Å². The van der Waals surface area contributed by atoms with E-state index in [1.54, 1.807) is 12.3 Å². The molecule has 0 atom stereocenters. The van der Waals surface area contributed by atoms with Crippen LogP contribution < -0.4 is 15.1 Å².